The van der Waals surface area contributed by atoms with Crippen LogP contribution in [0.3, 0.4) is 0 Å². The van der Waals surface area contributed by atoms with Gasteiger partial charge in [0.05, 0.1) is 0 Å². The number of ether oxygens (including phenoxy) is 2. The van der Waals surface area contributed by atoms with Crippen LogP contribution in [-0.2, 0) is 14.3 Å². The predicted octanol–water partition coefficient (Wildman–Crippen LogP) is 3.41. The van der Waals surface area contributed by atoms with E-state index in [0.29, 0.717) is 6.42 Å². The van der Waals surface area contributed by atoms with Crippen LogP contribution in [0.4, 0.5) is 4.79 Å². The van der Waals surface area contributed by atoms with Crippen LogP contribution >= 0.6 is 0 Å². The molecule has 0 rings (SSSR count). The maximum absolute atomic E-state index is 12.1. The average molecular weight is 287 g/mol. The molecule has 0 saturated carbocycles. The molecule has 0 spiro atoms. The van der Waals surface area contributed by atoms with Gasteiger partial charge >= 0.3 is 12.1 Å². The van der Waals surface area contributed by atoms with Crippen molar-refractivity contribution in [2.75, 3.05) is 0 Å². The van der Waals surface area contributed by atoms with Gasteiger partial charge in [0.25, 0.3) is 0 Å². The molecule has 1 N–H and O–H groups in total. The summed E-state index contributed by atoms with van der Waals surface area (Å²) in [5, 5.41) is 2.60. The molecule has 0 aliphatic rings. The van der Waals surface area contributed by atoms with Crippen molar-refractivity contribution in [1.82, 2.24) is 5.32 Å². The molecular formula is C15H29NO4. The Morgan fingerprint density at radius 3 is 1.90 bits per heavy atom. The molecule has 118 valence electrons. The first kappa shape index (κ1) is 18.7. The Labute approximate surface area is 122 Å². The molecule has 20 heavy (non-hydrogen) atoms. The lowest BCUT2D eigenvalue weighted by Gasteiger charge is -2.26. The van der Waals surface area contributed by atoms with E-state index in [1.807, 2.05) is 6.92 Å². The van der Waals surface area contributed by atoms with Crippen molar-refractivity contribution in [3.63, 3.8) is 0 Å². The summed E-state index contributed by atoms with van der Waals surface area (Å²) in [6.07, 6.45) is 1.73. The maximum Gasteiger partial charge on any atom is 0.408 e. The van der Waals surface area contributed by atoms with Gasteiger partial charge in [-0.1, -0.05) is 19.8 Å². The molecule has 0 aromatic rings. The van der Waals surface area contributed by atoms with E-state index in [0.717, 1.165) is 12.8 Å². The Morgan fingerprint density at radius 1 is 1.00 bits per heavy atom. The SMILES string of the molecule is CCCC[C@@H](NC(=O)OC(C)(C)C)C(=O)OC(C)(C)C. The zero-order valence-electron chi connectivity index (χ0n) is 13.8. The second kappa shape index (κ2) is 7.50. The molecule has 1 amide bonds. The van der Waals surface area contributed by atoms with Crippen molar-refractivity contribution in [2.45, 2.75) is 85.0 Å². The molecule has 0 aliphatic heterocycles. The molecule has 0 fully saturated rings. The Balaban J connectivity index is 4.63. The molecule has 0 aromatic heterocycles. The van der Waals surface area contributed by atoms with Crippen LogP contribution in [0.2, 0.25) is 0 Å². The third kappa shape index (κ3) is 9.64. The van der Waals surface area contributed by atoms with Crippen LogP contribution in [0.25, 0.3) is 0 Å². The second-order valence-electron chi connectivity index (χ2n) is 6.87. The largest absolute Gasteiger partial charge is 0.458 e. The van der Waals surface area contributed by atoms with E-state index in [1.165, 1.54) is 0 Å². The number of amides is 1. The lowest BCUT2D eigenvalue weighted by molar-refractivity contribution is -0.157. The Morgan fingerprint density at radius 2 is 1.50 bits per heavy atom. The van der Waals surface area contributed by atoms with Crippen LogP contribution in [-0.4, -0.2) is 29.3 Å². The van der Waals surface area contributed by atoms with E-state index < -0.39 is 29.3 Å². The van der Waals surface area contributed by atoms with Crippen molar-refractivity contribution in [1.29, 1.82) is 0 Å². The topological polar surface area (TPSA) is 64.6 Å². The molecule has 1 atom stereocenters. The van der Waals surface area contributed by atoms with E-state index in [-0.39, 0.29) is 0 Å². The van der Waals surface area contributed by atoms with Crippen LogP contribution in [0.1, 0.15) is 67.7 Å². The summed E-state index contributed by atoms with van der Waals surface area (Å²) in [6.45, 7) is 12.8. The molecule has 0 radical (unpaired) electrons. The van der Waals surface area contributed by atoms with Gasteiger partial charge in [0.1, 0.15) is 17.2 Å². The number of esters is 1. The van der Waals surface area contributed by atoms with Gasteiger partial charge in [0, 0.05) is 0 Å². The van der Waals surface area contributed by atoms with Crippen molar-refractivity contribution in [3.8, 4) is 0 Å². The number of alkyl carbamates (subject to hydrolysis) is 1. The minimum absolute atomic E-state index is 0.420. The third-order valence-corrected chi connectivity index (χ3v) is 2.23. The Hall–Kier alpha value is -1.26. The lowest BCUT2D eigenvalue weighted by atomic mass is 10.1. The highest BCUT2D eigenvalue weighted by molar-refractivity contribution is 5.81. The first-order chi connectivity index (χ1) is 8.94. The molecule has 0 aromatic carbocycles. The number of unbranched alkanes of at least 4 members (excludes halogenated alkanes) is 1. The first-order valence-corrected chi connectivity index (χ1v) is 7.17. The first-order valence-electron chi connectivity index (χ1n) is 7.17. The maximum atomic E-state index is 12.1. The van der Waals surface area contributed by atoms with E-state index in [1.54, 1.807) is 41.5 Å². The summed E-state index contributed by atoms with van der Waals surface area (Å²) < 4.78 is 10.5. The van der Waals surface area contributed by atoms with Gasteiger partial charge in [0.2, 0.25) is 0 Å². The predicted molar refractivity (Wildman–Crippen MR) is 78.5 cm³/mol. The Bertz CT molecular complexity index is 326. The fraction of sp³-hybridized carbons (Fsp3) is 0.867. The summed E-state index contributed by atoms with van der Waals surface area (Å²) >= 11 is 0. The minimum Gasteiger partial charge on any atom is -0.458 e. The number of carbonyl (C=O) groups is 2. The highest BCUT2D eigenvalue weighted by Crippen LogP contribution is 2.13. The minimum atomic E-state index is -0.663. The standard InChI is InChI=1S/C15H29NO4/c1-8-9-10-11(12(17)19-14(2,3)4)16-13(18)20-15(5,6)7/h11H,8-10H2,1-7H3,(H,16,18)/t11-/m1/s1. The van der Waals surface area contributed by atoms with E-state index in [2.05, 4.69) is 5.32 Å². The number of rotatable bonds is 5. The normalized spacial score (nSPS) is 13.6. The van der Waals surface area contributed by atoms with Crippen LogP contribution in [0.15, 0.2) is 0 Å². The summed E-state index contributed by atoms with van der Waals surface area (Å²) in [5.74, 6) is -0.420. The molecule has 5 heteroatoms. The van der Waals surface area contributed by atoms with Gasteiger partial charge in [0.15, 0.2) is 0 Å². The monoisotopic (exact) mass is 287 g/mol. The summed E-state index contributed by atoms with van der Waals surface area (Å²) in [4.78, 5) is 23.8. The van der Waals surface area contributed by atoms with Gasteiger partial charge < -0.3 is 14.8 Å². The molecule has 0 saturated heterocycles. The molecule has 0 heterocycles. The number of hydrogen-bond acceptors (Lipinski definition) is 4. The fourth-order valence-electron chi connectivity index (χ4n) is 1.48. The summed E-state index contributed by atoms with van der Waals surface area (Å²) in [7, 11) is 0. The number of carbonyl (C=O) groups excluding carboxylic acids is 2. The molecule has 5 nitrogen and oxygen atoms in total. The third-order valence-electron chi connectivity index (χ3n) is 2.23. The van der Waals surface area contributed by atoms with Gasteiger partial charge in [-0.2, -0.15) is 0 Å². The zero-order valence-corrected chi connectivity index (χ0v) is 13.8. The van der Waals surface area contributed by atoms with Crippen molar-refractivity contribution < 1.29 is 19.1 Å². The quantitative estimate of drug-likeness (QED) is 0.787. The molecule has 0 bridgehead atoms. The average Bonchev–Trinajstić information content (AvgIpc) is 2.18. The Kier molecular flexibility index (Phi) is 7.03. The number of hydrogen-bond donors (Lipinski definition) is 1. The highest BCUT2D eigenvalue weighted by Gasteiger charge is 2.28. The molecule has 0 unspecified atom stereocenters. The van der Waals surface area contributed by atoms with Crippen molar-refractivity contribution in [2.24, 2.45) is 0 Å². The summed E-state index contributed by atoms with van der Waals surface area (Å²) in [5.41, 5.74) is -1.16. The second-order valence-corrected chi connectivity index (χ2v) is 6.87. The fourth-order valence-corrected chi connectivity index (χ4v) is 1.48. The van der Waals surface area contributed by atoms with Crippen LogP contribution in [0.5, 0.6) is 0 Å². The number of nitrogens with one attached hydrogen (secondary N) is 1. The van der Waals surface area contributed by atoms with Gasteiger partial charge in [-0.25, -0.2) is 9.59 Å². The van der Waals surface area contributed by atoms with Crippen LogP contribution < -0.4 is 5.32 Å². The van der Waals surface area contributed by atoms with Gasteiger partial charge in [-0.15, -0.1) is 0 Å². The van der Waals surface area contributed by atoms with Crippen molar-refractivity contribution in [3.05, 3.63) is 0 Å². The van der Waals surface area contributed by atoms with Crippen molar-refractivity contribution >= 4 is 12.1 Å². The van der Waals surface area contributed by atoms with E-state index >= 15 is 0 Å². The van der Waals surface area contributed by atoms with Gasteiger partial charge in [-0.05, 0) is 48.0 Å². The highest BCUT2D eigenvalue weighted by atomic mass is 16.6. The van der Waals surface area contributed by atoms with E-state index in [4.69, 9.17) is 9.47 Å². The smallest absolute Gasteiger partial charge is 0.408 e. The van der Waals surface area contributed by atoms with Crippen LogP contribution in [0, 0.1) is 0 Å². The lowest BCUT2D eigenvalue weighted by Crippen LogP contribution is -2.46. The summed E-state index contributed by atoms with van der Waals surface area (Å²) in [6, 6.07) is -0.663. The van der Waals surface area contributed by atoms with Gasteiger partial charge in [-0.3, -0.25) is 0 Å². The molecular weight excluding hydrogens is 258 g/mol. The molecule has 0 aliphatic carbocycles. The van der Waals surface area contributed by atoms with E-state index in [9.17, 15) is 9.59 Å². The zero-order chi connectivity index (χ0) is 16.0.